The van der Waals surface area contributed by atoms with Crippen LogP contribution < -0.4 is 16.0 Å². The number of nitrogens with one attached hydrogen (secondary N) is 3. The average Bonchev–Trinajstić information content (AvgIpc) is 2.62. The van der Waals surface area contributed by atoms with Crippen molar-refractivity contribution in [1.82, 2.24) is 16.0 Å². The molecule has 1 unspecified atom stereocenters. The summed E-state index contributed by atoms with van der Waals surface area (Å²) in [7, 11) is -9.58. The summed E-state index contributed by atoms with van der Waals surface area (Å²) >= 11 is 0. The van der Waals surface area contributed by atoms with Crippen LogP contribution in [0.25, 0.3) is 0 Å². The quantitative estimate of drug-likeness (QED) is 0.207. The van der Waals surface area contributed by atoms with E-state index in [2.05, 4.69) is 16.0 Å². The van der Waals surface area contributed by atoms with Gasteiger partial charge in [0.25, 0.3) is 20.2 Å². The number of unbranched alkanes of at least 4 members (excludes halogenated alkanes) is 1. The molecule has 0 heterocycles. The van der Waals surface area contributed by atoms with Crippen LogP contribution in [0, 0.1) is 0 Å². The Morgan fingerprint density at radius 1 is 0.935 bits per heavy atom. The molecule has 0 saturated heterocycles. The van der Waals surface area contributed by atoms with Crippen molar-refractivity contribution in [2.24, 2.45) is 0 Å². The Morgan fingerprint density at radius 2 is 1.58 bits per heavy atom. The van der Waals surface area contributed by atoms with Gasteiger partial charge >= 0.3 is 0 Å². The van der Waals surface area contributed by atoms with Crippen molar-refractivity contribution in [3.63, 3.8) is 0 Å². The van der Waals surface area contributed by atoms with Crippen LogP contribution >= 0.6 is 0 Å². The maximum Gasteiger partial charge on any atom is 0.294 e. The lowest BCUT2D eigenvalue weighted by atomic mass is 10.1. The Morgan fingerprint density at radius 3 is 2.10 bits per heavy atom. The second-order valence-corrected chi connectivity index (χ2v) is 9.48. The predicted molar refractivity (Wildman–Crippen MR) is 108 cm³/mol. The van der Waals surface area contributed by atoms with E-state index < -0.39 is 54.4 Å². The first-order valence-corrected chi connectivity index (χ1v) is 12.0. The second kappa shape index (κ2) is 11.2. The van der Waals surface area contributed by atoms with Crippen LogP contribution in [-0.4, -0.2) is 56.2 Å². The minimum Gasteiger partial charge on any atom is -0.356 e. The molecule has 5 N–H and O–H groups in total. The lowest BCUT2D eigenvalue weighted by molar-refractivity contribution is -0.128. The van der Waals surface area contributed by atoms with E-state index in [4.69, 9.17) is 4.55 Å². The van der Waals surface area contributed by atoms with Crippen molar-refractivity contribution in [2.75, 3.05) is 6.54 Å². The first kappa shape index (κ1) is 26.5. The van der Waals surface area contributed by atoms with Crippen LogP contribution in [0.2, 0.25) is 0 Å². The normalized spacial score (nSPS) is 12.6. The highest BCUT2D eigenvalue weighted by molar-refractivity contribution is 7.86. The molecule has 12 nitrogen and oxygen atoms in total. The van der Waals surface area contributed by atoms with Crippen LogP contribution in [0.5, 0.6) is 0 Å². The Kier molecular flexibility index (Phi) is 9.55. The van der Waals surface area contributed by atoms with E-state index in [1.807, 2.05) is 0 Å². The molecule has 1 aromatic carbocycles. The Bertz CT molecular complexity index is 1040. The van der Waals surface area contributed by atoms with Gasteiger partial charge in [-0.2, -0.15) is 16.8 Å². The van der Waals surface area contributed by atoms with Gasteiger partial charge in [-0.25, -0.2) is 0 Å². The molecule has 31 heavy (non-hydrogen) atoms. The number of carbonyl (C=O) groups is 3. The Labute approximate surface area is 180 Å². The second-order valence-electron chi connectivity index (χ2n) is 6.67. The van der Waals surface area contributed by atoms with E-state index in [1.54, 1.807) is 0 Å². The minimum atomic E-state index is -4.86. The van der Waals surface area contributed by atoms with Crippen LogP contribution in [-0.2, 0) is 41.2 Å². The predicted octanol–water partition coefficient (Wildman–Crippen LogP) is -0.393. The fourth-order valence-corrected chi connectivity index (χ4v) is 3.97. The number of carbonyl (C=O) groups excluding carboxylic acids is 3. The molecular weight excluding hydrogens is 454 g/mol. The molecule has 0 aliphatic rings. The number of amides is 3. The highest BCUT2D eigenvalue weighted by atomic mass is 32.2. The maximum atomic E-state index is 12.5. The third-order valence-electron chi connectivity index (χ3n) is 4.05. The topological polar surface area (TPSA) is 196 Å². The summed E-state index contributed by atoms with van der Waals surface area (Å²) in [4.78, 5) is 33.2. The minimum absolute atomic E-state index is 0.129. The van der Waals surface area contributed by atoms with Gasteiger partial charge in [0.2, 0.25) is 17.7 Å². The average molecular weight is 480 g/mol. The van der Waals surface area contributed by atoms with E-state index in [0.29, 0.717) is 25.5 Å². The van der Waals surface area contributed by atoms with Crippen LogP contribution in [0.3, 0.4) is 0 Å². The van der Waals surface area contributed by atoms with Gasteiger partial charge in [0.05, 0.1) is 4.90 Å². The van der Waals surface area contributed by atoms with Crippen molar-refractivity contribution < 1.29 is 40.3 Å². The smallest absolute Gasteiger partial charge is 0.294 e. The van der Waals surface area contributed by atoms with Crippen molar-refractivity contribution in [2.45, 2.75) is 55.5 Å². The molecule has 0 bridgehead atoms. The van der Waals surface area contributed by atoms with Crippen LogP contribution in [0.4, 0.5) is 0 Å². The highest BCUT2D eigenvalue weighted by Gasteiger charge is 2.23. The van der Waals surface area contributed by atoms with Gasteiger partial charge in [0, 0.05) is 26.9 Å². The van der Waals surface area contributed by atoms with E-state index in [9.17, 15) is 35.8 Å². The Hall–Kier alpha value is -2.55. The van der Waals surface area contributed by atoms with Crippen LogP contribution in [0.1, 0.15) is 38.7 Å². The zero-order valence-electron chi connectivity index (χ0n) is 16.9. The molecule has 0 saturated carbocycles. The first-order valence-electron chi connectivity index (χ1n) is 9.09. The fourth-order valence-electron chi connectivity index (χ4n) is 2.64. The molecule has 0 aliphatic heterocycles. The van der Waals surface area contributed by atoms with Gasteiger partial charge in [0.1, 0.15) is 10.9 Å². The molecule has 3 amide bonds. The first-order chi connectivity index (χ1) is 14.2. The molecular formula is C17H25N3O9S2. The number of rotatable bonds is 11. The lowest BCUT2D eigenvalue weighted by Gasteiger charge is -2.18. The third kappa shape index (κ3) is 9.42. The number of hydrogen-bond donors (Lipinski definition) is 5. The fraction of sp³-hybridized carbons (Fsp3) is 0.471. The monoisotopic (exact) mass is 479 g/mol. The zero-order chi connectivity index (χ0) is 23.8. The molecule has 0 aromatic heterocycles. The van der Waals surface area contributed by atoms with Gasteiger partial charge in [-0.15, -0.1) is 0 Å². The molecule has 0 aliphatic carbocycles. The van der Waals surface area contributed by atoms with Crippen molar-refractivity contribution in [3.05, 3.63) is 23.8 Å². The molecule has 0 radical (unpaired) electrons. The van der Waals surface area contributed by atoms with Gasteiger partial charge in [-0.1, -0.05) is 6.07 Å². The lowest BCUT2D eigenvalue weighted by Crippen LogP contribution is -2.46. The largest absolute Gasteiger partial charge is 0.356 e. The summed E-state index contributed by atoms with van der Waals surface area (Å²) in [5.74, 6) is -1.28. The summed E-state index contributed by atoms with van der Waals surface area (Å²) in [5, 5.41) is 7.50. The molecule has 1 aromatic rings. The molecule has 1 rings (SSSR count). The van der Waals surface area contributed by atoms with E-state index in [-0.39, 0.29) is 17.9 Å². The van der Waals surface area contributed by atoms with Crippen molar-refractivity contribution in [3.8, 4) is 0 Å². The summed E-state index contributed by atoms with van der Waals surface area (Å²) in [5.41, 5.74) is -0.129. The summed E-state index contributed by atoms with van der Waals surface area (Å²) in [6, 6.07) is 1.58. The summed E-state index contributed by atoms with van der Waals surface area (Å²) < 4.78 is 64.0. The van der Waals surface area contributed by atoms with E-state index >= 15 is 0 Å². The number of hydrogen-bond acceptors (Lipinski definition) is 7. The molecule has 174 valence electrons. The summed E-state index contributed by atoms with van der Waals surface area (Å²) in [6.45, 7) is 2.60. The highest BCUT2D eigenvalue weighted by Crippen LogP contribution is 2.20. The maximum absolute atomic E-state index is 12.5. The van der Waals surface area contributed by atoms with Gasteiger partial charge in [-0.3, -0.25) is 23.5 Å². The molecule has 1 atom stereocenters. The van der Waals surface area contributed by atoms with Crippen molar-refractivity contribution >= 4 is 38.0 Å². The zero-order valence-corrected chi connectivity index (χ0v) is 18.5. The van der Waals surface area contributed by atoms with Gasteiger partial charge in [-0.05, 0) is 37.0 Å². The van der Waals surface area contributed by atoms with E-state index in [1.165, 1.54) is 13.8 Å². The standard InChI is InChI=1S/C17H25N3O9S2/c1-11(21)18-8-4-3-5-15(20-12(2)22)17(23)19-10-13-6-7-14(30(24,25)26)9-16(13)31(27,28)29/h6-7,9,15H,3-5,8,10H2,1-2H3,(H,18,21)(H,19,23)(H,20,22)(H,24,25,26)(H,27,28,29). The molecule has 14 heteroatoms. The van der Waals surface area contributed by atoms with Crippen LogP contribution in [0.15, 0.2) is 28.0 Å². The molecule has 0 spiro atoms. The third-order valence-corrected chi connectivity index (χ3v) is 5.84. The Balaban J connectivity index is 2.91. The van der Waals surface area contributed by atoms with Gasteiger partial charge in [0.15, 0.2) is 0 Å². The SMILES string of the molecule is CC(=O)NCCCCC(NC(C)=O)C(=O)NCc1ccc(S(=O)(=O)O)cc1S(=O)(=O)O. The van der Waals surface area contributed by atoms with Gasteiger partial charge < -0.3 is 16.0 Å². The molecule has 0 fully saturated rings. The van der Waals surface area contributed by atoms with E-state index in [0.717, 1.165) is 12.1 Å². The van der Waals surface area contributed by atoms with Crippen molar-refractivity contribution in [1.29, 1.82) is 0 Å². The summed E-state index contributed by atoms with van der Waals surface area (Å²) in [6.07, 6.45) is 1.31. The number of benzene rings is 1.